The van der Waals surface area contributed by atoms with E-state index in [1.54, 1.807) is 0 Å². The van der Waals surface area contributed by atoms with Crippen molar-refractivity contribution in [2.45, 2.75) is 0 Å². The van der Waals surface area contributed by atoms with Crippen LogP contribution in [0.4, 0.5) is 5.69 Å². The number of rotatable bonds is 1. The number of nitrogens with one attached hydrogen (secondary N) is 1. The van der Waals surface area contributed by atoms with Gasteiger partial charge in [0, 0.05) is 11.3 Å². The van der Waals surface area contributed by atoms with Gasteiger partial charge in [-0.25, -0.2) is 0 Å². The highest BCUT2D eigenvalue weighted by Gasteiger charge is 2.05. The van der Waals surface area contributed by atoms with Crippen molar-refractivity contribution in [2.24, 2.45) is 0 Å². The van der Waals surface area contributed by atoms with Gasteiger partial charge in [0.2, 0.25) is 0 Å². The Morgan fingerprint density at radius 3 is 2.38 bits per heavy atom. The zero-order valence-electron chi connectivity index (χ0n) is 6.66. The summed E-state index contributed by atoms with van der Waals surface area (Å²) in [5, 5.41) is 10.5. The van der Waals surface area contributed by atoms with E-state index in [2.05, 4.69) is 38.0 Å². The number of hydrogen-bond acceptors (Lipinski definition) is 3. The second-order valence-corrected chi connectivity index (χ2v) is 3.61. The number of halogens is 1. The highest BCUT2D eigenvalue weighted by atomic mass is 127. The summed E-state index contributed by atoms with van der Waals surface area (Å²) in [6.45, 7) is 0. The van der Waals surface area contributed by atoms with Crippen molar-refractivity contribution in [3.8, 4) is 11.3 Å². The summed E-state index contributed by atoms with van der Waals surface area (Å²) >= 11 is 2.13. The molecule has 0 unspecified atom stereocenters. The van der Waals surface area contributed by atoms with Gasteiger partial charge in [0.15, 0.2) is 3.70 Å². The molecule has 2 aromatic rings. The smallest absolute Gasteiger partial charge is 0.151 e. The maximum Gasteiger partial charge on any atom is 0.151 e. The number of nitrogens with two attached hydrogens (primary N) is 1. The summed E-state index contributed by atoms with van der Waals surface area (Å²) in [7, 11) is 0. The first-order chi connectivity index (χ1) is 6.27. The lowest BCUT2D eigenvalue weighted by atomic mass is 10.1. The normalized spacial score (nSPS) is 10.2. The molecule has 4 nitrogen and oxygen atoms in total. The molecule has 5 heteroatoms. The van der Waals surface area contributed by atoms with E-state index in [0.29, 0.717) is 0 Å². The fraction of sp³-hybridized carbons (Fsp3) is 0. The maximum absolute atomic E-state index is 5.57. The van der Waals surface area contributed by atoms with E-state index < -0.39 is 0 Å². The van der Waals surface area contributed by atoms with Gasteiger partial charge in [0.05, 0.1) is 0 Å². The Bertz CT molecular complexity index is 406. The van der Waals surface area contributed by atoms with Crippen LogP contribution in [-0.2, 0) is 0 Å². The number of anilines is 1. The Balaban J connectivity index is 2.47. The lowest BCUT2D eigenvalue weighted by molar-refractivity contribution is 0.935. The first-order valence-corrected chi connectivity index (χ1v) is 4.77. The zero-order valence-corrected chi connectivity index (χ0v) is 8.82. The van der Waals surface area contributed by atoms with Crippen molar-refractivity contribution in [3.05, 3.63) is 28.0 Å². The van der Waals surface area contributed by atoms with Gasteiger partial charge in [-0.15, -0.1) is 5.10 Å². The maximum atomic E-state index is 5.57. The molecule has 0 atom stereocenters. The summed E-state index contributed by atoms with van der Waals surface area (Å²) in [5.74, 6) is 0. The quantitative estimate of drug-likeness (QED) is 0.619. The molecule has 2 rings (SSSR count). The Morgan fingerprint density at radius 2 is 1.85 bits per heavy atom. The van der Waals surface area contributed by atoms with E-state index in [1.165, 1.54) is 0 Å². The van der Waals surface area contributed by atoms with Crippen molar-refractivity contribution >= 4 is 28.3 Å². The van der Waals surface area contributed by atoms with Crippen molar-refractivity contribution in [3.63, 3.8) is 0 Å². The van der Waals surface area contributed by atoms with E-state index in [0.717, 1.165) is 20.6 Å². The molecule has 13 heavy (non-hydrogen) atoms. The number of aromatic nitrogens is 3. The third-order valence-electron chi connectivity index (χ3n) is 1.69. The largest absolute Gasteiger partial charge is 0.399 e. The monoisotopic (exact) mass is 286 g/mol. The van der Waals surface area contributed by atoms with E-state index >= 15 is 0 Å². The molecular formula is C8H7IN4. The minimum Gasteiger partial charge on any atom is -0.399 e. The molecule has 0 aliphatic heterocycles. The minimum atomic E-state index is 0.752. The van der Waals surface area contributed by atoms with Crippen LogP contribution in [-0.4, -0.2) is 15.4 Å². The Labute approximate surface area is 88.7 Å². The second kappa shape index (κ2) is 3.33. The number of hydrogen-bond donors (Lipinski definition) is 2. The predicted molar refractivity (Wildman–Crippen MR) is 58.9 cm³/mol. The lowest BCUT2D eigenvalue weighted by Crippen LogP contribution is -1.85. The topological polar surface area (TPSA) is 67.6 Å². The van der Waals surface area contributed by atoms with Gasteiger partial charge < -0.3 is 5.73 Å². The number of benzene rings is 1. The van der Waals surface area contributed by atoms with Crippen LogP contribution < -0.4 is 5.73 Å². The van der Waals surface area contributed by atoms with Crippen LogP contribution in [0, 0.1) is 3.70 Å². The van der Waals surface area contributed by atoms with E-state index in [-0.39, 0.29) is 0 Å². The fourth-order valence-corrected chi connectivity index (χ4v) is 1.58. The first kappa shape index (κ1) is 8.49. The van der Waals surface area contributed by atoms with E-state index in [1.807, 2.05) is 24.3 Å². The molecule has 0 aliphatic carbocycles. The van der Waals surface area contributed by atoms with Crippen LogP contribution in [0.5, 0.6) is 0 Å². The fourth-order valence-electron chi connectivity index (χ4n) is 1.04. The molecule has 0 bridgehead atoms. The molecular weight excluding hydrogens is 279 g/mol. The van der Waals surface area contributed by atoms with Crippen LogP contribution in [0.3, 0.4) is 0 Å². The molecule has 0 aliphatic rings. The highest BCUT2D eigenvalue weighted by Crippen LogP contribution is 2.21. The van der Waals surface area contributed by atoms with Gasteiger partial charge in [-0.05, 0) is 34.7 Å². The summed E-state index contributed by atoms with van der Waals surface area (Å²) in [5.41, 5.74) is 8.21. The average Bonchev–Trinajstić information content (AvgIpc) is 2.53. The lowest BCUT2D eigenvalue weighted by Gasteiger charge is -1.96. The standard InChI is InChI=1S/C8H7IN4/c9-8-7(11-13-12-8)5-1-3-6(10)4-2-5/h1-4H,10H2,(H,11,12,13). The third kappa shape index (κ3) is 1.64. The summed E-state index contributed by atoms with van der Waals surface area (Å²) in [4.78, 5) is 0. The van der Waals surface area contributed by atoms with Crippen molar-refractivity contribution in [2.75, 3.05) is 5.73 Å². The van der Waals surface area contributed by atoms with Crippen LogP contribution in [0.2, 0.25) is 0 Å². The van der Waals surface area contributed by atoms with Gasteiger partial charge in [-0.2, -0.15) is 10.3 Å². The van der Waals surface area contributed by atoms with Crippen LogP contribution in [0.1, 0.15) is 0 Å². The Kier molecular flexibility index (Phi) is 2.17. The average molecular weight is 286 g/mol. The number of H-pyrrole nitrogens is 1. The molecule has 0 spiro atoms. The Morgan fingerprint density at radius 1 is 1.15 bits per heavy atom. The Hall–Kier alpha value is -1.11. The number of aromatic amines is 1. The molecule has 0 fully saturated rings. The van der Waals surface area contributed by atoms with Gasteiger partial charge in [0.25, 0.3) is 0 Å². The van der Waals surface area contributed by atoms with Crippen LogP contribution in [0.15, 0.2) is 24.3 Å². The van der Waals surface area contributed by atoms with Crippen molar-refractivity contribution < 1.29 is 0 Å². The van der Waals surface area contributed by atoms with Gasteiger partial charge in [-0.1, -0.05) is 12.1 Å². The molecule has 0 saturated heterocycles. The summed E-state index contributed by atoms with van der Waals surface area (Å²) < 4.78 is 0.863. The first-order valence-electron chi connectivity index (χ1n) is 3.69. The van der Waals surface area contributed by atoms with E-state index in [4.69, 9.17) is 5.73 Å². The van der Waals surface area contributed by atoms with Crippen molar-refractivity contribution in [1.82, 2.24) is 15.4 Å². The van der Waals surface area contributed by atoms with Gasteiger partial charge in [-0.3, -0.25) is 0 Å². The van der Waals surface area contributed by atoms with Crippen LogP contribution in [0.25, 0.3) is 11.3 Å². The predicted octanol–water partition coefficient (Wildman–Crippen LogP) is 1.66. The summed E-state index contributed by atoms with van der Waals surface area (Å²) in [6, 6.07) is 7.55. The molecule has 0 amide bonds. The van der Waals surface area contributed by atoms with Crippen LogP contribution >= 0.6 is 22.6 Å². The third-order valence-corrected chi connectivity index (χ3v) is 2.44. The number of nitrogens with zero attached hydrogens (tertiary/aromatic N) is 2. The second-order valence-electron chi connectivity index (χ2n) is 2.59. The highest BCUT2D eigenvalue weighted by molar-refractivity contribution is 14.1. The molecule has 0 saturated carbocycles. The van der Waals surface area contributed by atoms with E-state index in [9.17, 15) is 0 Å². The number of nitrogen functional groups attached to an aromatic ring is 1. The van der Waals surface area contributed by atoms with Gasteiger partial charge >= 0.3 is 0 Å². The minimum absolute atomic E-state index is 0.752. The van der Waals surface area contributed by atoms with Crippen molar-refractivity contribution in [1.29, 1.82) is 0 Å². The molecule has 1 aromatic carbocycles. The van der Waals surface area contributed by atoms with Gasteiger partial charge in [0.1, 0.15) is 5.69 Å². The molecule has 0 radical (unpaired) electrons. The summed E-state index contributed by atoms with van der Waals surface area (Å²) in [6.07, 6.45) is 0. The molecule has 66 valence electrons. The molecule has 1 aromatic heterocycles. The molecule has 1 heterocycles. The SMILES string of the molecule is Nc1ccc(-c2n[nH]nc2I)cc1. The zero-order chi connectivity index (χ0) is 9.26. The molecule has 3 N–H and O–H groups in total.